The zero-order valence-corrected chi connectivity index (χ0v) is 16.8. The highest BCUT2D eigenvalue weighted by Gasteiger charge is 2.34. The molecule has 2 aromatic carbocycles. The first-order valence-corrected chi connectivity index (χ1v) is 9.56. The Labute approximate surface area is 176 Å². The molecule has 0 spiro atoms. The number of nitrogen functional groups attached to an aromatic ring is 1. The van der Waals surface area contributed by atoms with E-state index in [0.717, 1.165) is 0 Å². The quantitative estimate of drug-likeness (QED) is 0.375. The lowest BCUT2D eigenvalue weighted by Crippen LogP contribution is -2.24. The van der Waals surface area contributed by atoms with E-state index in [2.05, 4.69) is 21.8 Å². The molecule has 1 aromatic heterocycles. The van der Waals surface area contributed by atoms with Crippen molar-refractivity contribution in [3.63, 3.8) is 0 Å². The van der Waals surface area contributed by atoms with Crippen LogP contribution in [0.4, 0.5) is 21.6 Å². The van der Waals surface area contributed by atoms with Gasteiger partial charge in [-0.1, -0.05) is 29.5 Å². The third-order valence-electron chi connectivity index (χ3n) is 5.22. The molecule has 2 N–H and O–H groups in total. The Morgan fingerprint density at radius 1 is 1.37 bits per heavy atom. The second-order valence-electron chi connectivity index (χ2n) is 7.46. The molecule has 1 aliphatic heterocycles. The van der Waals surface area contributed by atoms with Gasteiger partial charge in [-0.25, -0.2) is 14.4 Å². The van der Waals surface area contributed by atoms with Crippen LogP contribution in [0, 0.1) is 33.2 Å². The minimum absolute atomic E-state index is 0.0697. The fourth-order valence-corrected chi connectivity index (χ4v) is 3.76. The Hall–Kier alpha value is -3.44. The summed E-state index contributed by atoms with van der Waals surface area (Å²) in [7, 11) is 0. The number of nitro groups is 1. The van der Waals surface area contributed by atoms with Crippen molar-refractivity contribution >= 4 is 39.7 Å². The SMILES string of the molecule is C[C@]1(C#Cc2cc3ncnc(N)c3cc2[N+](=O)[O-])CCN(c2cccc(Cl)c2F)C1. The Morgan fingerprint density at radius 3 is 2.93 bits per heavy atom. The Balaban J connectivity index is 1.68. The van der Waals surface area contributed by atoms with Crippen molar-refractivity contribution in [2.24, 2.45) is 5.41 Å². The van der Waals surface area contributed by atoms with Crippen LogP contribution in [0.25, 0.3) is 10.9 Å². The summed E-state index contributed by atoms with van der Waals surface area (Å²) >= 11 is 5.90. The van der Waals surface area contributed by atoms with Crippen LogP contribution in [0.15, 0.2) is 36.7 Å². The van der Waals surface area contributed by atoms with Crippen molar-refractivity contribution in [3.8, 4) is 11.8 Å². The average Bonchev–Trinajstić information content (AvgIpc) is 3.10. The van der Waals surface area contributed by atoms with Gasteiger partial charge in [-0.3, -0.25) is 10.1 Å². The molecule has 1 aliphatic rings. The van der Waals surface area contributed by atoms with E-state index in [-0.39, 0.29) is 22.1 Å². The van der Waals surface area contributed by atoms with Gasteiger partial charge < -0.3 is 10.6 Å². The van der Waals surface area contributed by atoms with E-state index in [0.29, 0.717) is 36.1 Å². The molecular formula is C21H17ClFN5O2. The van der Waals surface area contributed by atoms with Gasteiger partial charge in [0, 0.05) is 30.0 Å². The van der Waals surface area contributed by atoms with Crippen molar-refractivity contribution in [1.29, 1.82) is 0 Å². The third kappa shape index (κ3) is 3.60. The standard InChI is InChI=1S/C21H17ClFN5O2/c1-21(7-8-27(11-21)17-4-2-3-15(22)19(17)23)6-5-13-9-16-14(10-18(13)28(29)30)20(24)26-12-25-16/h2-4,9-10,12H,7-8,11H2,1H3,(H2,24,25,26)/t21-/m0/s1. The monoisotopic (exact) mass is 425 g/mol. The zero-order chi connectivity index (χ0) is 21.5. The average molecular weight is 426 g/mol. The zero-order valence-electron chi connectivity index (χ0n) is 16.0. The first-order valence-electron chi connectivity index (χ1n) is 9.18. The fraction of sp³-hybridized carbons (Fsp3) is 0.238. The minimum Gasteiger partial charge on any atom is -0.383 e. The predicted octanol–water partition coefficient (Wildman–Crippen LogP) is 4.18. The molecule has 0 radical (unpaired) electrons. The molecule has 0 bridgehead atoms. The summed E-state index contributed by atoms with van der Waals surface area (Å²) in [4.78, 5) is 20.9. The molecular weight excluding hydrogens is 409 g/mol. The Morgan fingerprint density at radius 2 is 2.17 bits per heavy atom. The lowest BCUT2D eigenvalue weighted by molar-refractivity contribution is -0.385. The highest BCUT2D eigenvalue weighted by Crippen LogP contribution is 2.36. The van der Waals surface area contributed by atoms with Crippen LogP contribution in [0.5, 0.6) is 0 Å². The number of nitrogens with two attached hydrogens (primary N) is 1. The molecule has 0 aliphatic carbocycles. The van der Waals surface area contributed by atoms with Crippen LogP contribution in [0.2, 0.25) is 5.02 Å². The lowest BCUT2D eigenvalue weighted by Gasteiger charge is -2.22. The first-order chi connectivity index (χ1) is 14.3. The lowest BCUT2D eigenvalue weighted by atomic mass is 9.90. The van der Waals surface area contributed by atoms with Gasteiger partial charge >= 0.3 is 0 Å². The molecule has 0 amide bonds. The summed E-state index contributed by atoms with van der Waals surface area (Å²) in [6.07, 6.45) is 1.98. The predicted molar refractivity (Wildman–Crippen MR) is 114 cm³/mol. The van der Waals surface area contributed by atoms with Gasteiger partial charge in [-0.2, -0.15) is 0 Å². The Bertz CT molecular complexity index is 1240. The number of nitrogens with zero attached hydrogens (tertiary/aromatic N) is 4. The maximum atomic E-state index is 14.4. The Kier molecular flexibility index (Phi) is 4.92. The van der Waals surface area contributed by atoms with E-state index < -0.39 is 16.2 Å². The van der Waals surface area contributed by atoms with Crippen molar-refractivity contribution in [1.82, 2.24) is 9.97 Å². The normalized spacial score (nSPS) is 18.3. The molecule has 152 valence electrons. The maximum Gasteiger partial charge on any atom is 0.285 e. The second kappa shape index (κ2) is 7.43. The molecule has 7 nitrogen and oxygen atoms in total. The van der Waals surface area contributed by atoms with Crippen molar-refractivity contribution < 1.29 is 9.31 Å². The van der Waals surface area contributed by atoms with E-state index >= 15 is 0 Å². The number of aromatic nitrogens is 2. The molecule has 1 fully saturated rings. The topological polar surface area (TPSA) is 98.2 Å². The number of fused-ring (bicyclic) bond motifs is 1. The highest BCUT2D eigenvalue weighted by molar-refractivity contribution is 6.31. The molecule has 0 saturated carbocycles. The van der Waals surface area contributed by atoms with Crippen LogP contribution >= 0.6 is 11.6 Å². The van der Waals surface area contributed by atoms with E-state index in [4.69, 9.17) is 17.3 Å². The summed E-state index contributed by atoms with van der Waals surface area (Å²) in [5.41, 5.74) is 6.34. The number of hydrogen-bond donors (Lipinski definition) is 1. The smallest absolute Gasteiger partial charge is 0.285 e. The molecule has 1 atom stereocenters. The molecule has 2 heterocycles. The van der Waals surface area contributed by atoms with Gasteiger partial charge in [-0.05, 0) is 31.5 Å². The van der Waals surface area contributed by atoms with Crippen LogP contribution in [-0.4, -0.2) is 28.0 Å². The number of hydrogen-bond acceptors (Lipinski definition) is 6. The number of halogens is 2. The number of nitro benzene ring substituents is 1. The van der Waals surface area contributed by atoms with Crippen LogP contribution in [0.1, 0.15) is 18.9 Å². The molecule has 3 aromatic rings. The number of rotatable bonds is 2. The van der Waals surface area contributed by atoms with Gasteiger partial charge in [0.2, 0.25) is 0 Å². The van der Waals surface area contributed by atoms with Crippen molar-refractivity contribution in [3.05, 3.63) is 63.2 Å². The fourth-order valence-electron chi connectivity index (χ4n) is 3.59. The summed E-state index contributed by atoms with van der Waals surface area (Å²) in [6, 6.07) is 7.78. The van der Waals surface area contributed by atoms with E-state index in [1.165, 1.54) is 18.5 Å². The van der Waals surface area contributed by atoms with E-state index in [9.17, 15) is 14.5 Å². The molecule has 4 rings (SSSR count). The molecule has 1 saturated heterocycles. The largest absolute Gasteiger partial charge is 0.383 e. The summed E-state index contributed by atoms with van der Waals surface area (Å²) in [5.74, 6) is 5.82. The summed E-state index contributed by atoms with van der Waals surface area (Å²) < 4.78 is 14.4. The van der Waals surface area contributed by atoms with Gasteiger partial charge in [0.05, 0.1) is 21.2 Å². The number of anilines is 2. The summed E-state index contributed by atoms with van der Waals surface area (Å²) in [5, 5.41) is 12.0. The number of benzene rings is 2. The van der Waals surface area contributed by atoms with Gasteiger partial charge in [-0.15, -0.1) is 0 Å². The highest BCUT2D eigenvalue weighted by atomic mass is 35.5. The van der Waals surface area contributed by atoms with Gasteiger partial charge in [0.15, 0.2) is 5.82 Å². The van der Waals surface area contributed by atoms with Crippen LogP contribution < -0.4 is 10.6 Å². The maximum absolute atomic E-state index is 14.4. The molecule has 0 unspecified atom stereocenters. The van der Waals surface area contributed by atoms with Crippen molar-refractivity contribution in [2.75, 3.05) is 23.7 Å². The first kappa shape index (κ1) is 19.9. The molecule has 9 heteroatoms. The van der Waals surface area contributed by atoms with Crippen LogP contribution in [0.3, 0.4) is 0 Å². The minimum atomic E-state index is -0.499. The van der Waals surface area contributed by atoms with E-state index in [1.807, 2.05) is 11.8 Å². The molecule has 30 heavy (non-hydrogen) atoms. The second-order valence-corrected chi connectivity index (χ2v) is 7.86. The third-order valence-corrected chi connectivity index (χ3v) is 5.52. The summed E-state index contributed by atoms with van der Waals surface area (Å²) in [6.45, 7) is 3.04. The van der Waals surface area contributed by atoms with Crippen molar-refractivity contribution in [2.45, 2.75) is 13.3 Å². The van der Waals surface area contributed by atoms with Gasteiger partial charge in [0.1, 0.15) is 17.7 Å². The van der Waals surface area contributed by atoms with E-state index in [1.54, 1.807) is 18.2 Å². The van der Waals surface area contributed by atoms with Crippen LogP contribution in [-0.2, 0) is 0 Å². The van der Waals surface area contributed by atoms with Gasteiger partial charge in [0.25, 0.3) is 5.69 Å².